The summed E-state index contributed by atoms with van der Waals surface area (Å²) in [5.41, 5.74) is 3.51. The topological polar surface area (TPSA) is 46.9 Å². The van der Waals surface area contributed by atoms with Crippen LogP contribution in [0.25, 0.3) is 12.3 Å². The lowest BCUT2D eigenvalue weighted by atomic mass is 9.75. The summed E-state index contributed by atoms with van der Waals surface area (Å²) in [6.07, 6.45) is 13.1. The van der Waals surface area contributed by atoms with Crippen LogP contribution in [0.1, 0.15) is 43.0 Å². The van der Waals surface area contributed by atoms with Gasteiger partial charge in [-0.2, -0.15) is 5.10 Å². The molecule has 1 fully saturated rings. The van der Waals surface area contributed by atoms with Crippen LogP contribution >= 0.6 is 0 Å². The third-order valence-corrected chi connectivity index (χ3v) is 5.39. The first-order valence-corrected chi connectivity index (χ1v) is 8.94. The number of aldehydes is 1. The molecule has 4 rings (SSSR count). The van der Waals surface area contributed by atoms with Gasteiger partial charge in [0, 0.05) is 29.6 Å². The van der Waals surface area contributed by atoms with Gasteiger partial charge in [0.25, 0.3) is 0 Å². The number of hydrogen-bond acceptors (Lipinski definition) is 3. The van der Waals surface area contributed by atoms with Crippen molar-refractivity contribution in [2.24, 2.45) is 0 Å². The molecule has 0 spiro atoms. The molecule has 2 aromatic rings. The molecule has 0 aliphatic heterocycles. The molecule has 1 saturated carbocycles. The van der Waals surface area contributed by atoms with Gasteiger partial charge in [-0.05, 0) is 30.9 Å². The molecule has 1 aromatic carbocycles. The maximum absolute atomic E-state index is 10.8. The molecule has 128 valence electrons. The molecule has 0 bridgehead atoms. The average molecular weight is 333 g/mol. The SMILES string of the molecule is CC1(c2ccccc2)C=Cc2c(NC3CCC3)nn(C=CC=O)c2C1. The number of anilines is 1. The second-order valence-corrected chi connectivity index (χ2v) is 7.20. The van der Waals surface area contributed by atoms with Gasteiger partial charge in [0.1, 0.15) is 6.29 Å². The summed E-state index contributed by atoms with van der Waals surface area (Å²) in [5.74, 6) is 0.932. The van der Waals surface area contributed by atoms with Crippen molar-refractivity contribution >= 4 is 24.4 Å². The highest BCUT2D eigenvalue weighted by Gasteiger charge is 2.32. The van der Waals surface area contributed by atoms with E-state index in [0.29, 0.717) is 6.04 Å². The van der Waals surface area contributed by atoms with Crippen LogP contribution < -0.4 is 5.32 Å². The predicted octanol–water partition coefficient (Wildman–Crippen LogP) is 4.04. The molecule has 1 unspecified atom stereocenters. The van der Waals surface area contributed by atoms with Gasteiger partial charge in [0.15, 0.2) is 5.82 Å². The summed E-state index contributed by atoms with van der Waals surface area (Å²) in [6.45, 7) is 2.25. The predicted molar refractivity (Wildman–Crippen MR) is 101 cm³/mol. The largest absolute Gasteiger partial charge is 0.365 e. The summed E-state index contributed by atoms with van der Waals surface area (Å²) in [7, 11) is 0. The van der Waals surface area contributed by atoms with E-state index in [1.165, 1.54) is 30.9 Å². The summed E-state index contributed by atoms with van der Waals surface area (Å²) >= 11 is 0. The van der Waals surface area contributed by atoms with Crippen LogP contribution in [0.15, 0.2) is 42.5 Å². The van der Waals surface area contributed by atoms with E-state index in [4.69, 9.17) is 5.10 Å². The second-order valence-electron chi connectivity index (χ2n) is 7.20. The third-order valence-electron chi connectivity index (χ3n) is 5.39. The molecule has 0 radical (unpaired) electrons. The monoisotopic (exact) mass is 333 g/mol. The third kappa shape index (κ3) is 2.93. The Morgan fingerprint density at radius 3 is 2.76 bits per heavy atom. The van der Waals surface area contributed by atoms with Crippen molar-refractivity contribution in [2.75, 3.05) is 5.32 Å². The van der Waals surface area contributed by atoms with E-state index in [1.54, 1.807) is 6.20 Å². The van der Waals surface area contributed by atoms with Crippen molar-refractivity contribution in [3.8, 4) is 0 Å². The van der Waals surface area contributed by atoms with Crippen LogP contribution in [0.4, 0.5) is 5.82 Å². The minimum absolute atomic E-state index is 0.0746. The molecule has 1 aromatic heterocycles. The van der Waals surface area contributed by atoms with Gasteiger partial charge in [0.05, 0.1) is 5.69 Å². The summed E-state index contributed by atoms with van der Waals surface area (Å²) in [4.78, 5) is 10.8. The number of carbonyl (C=O) groups is 1. The van der Waals surface area contributed by atoms with E-state index < -0.39 is 0 Å². The zero-order valence-electron chi connectivity index (χ0n) is 14.5. The van der Waals surface area contributed by atoms with Crippen molar-refractivity contribution in [2.45, 2.75) is 44.1 Å². The van der Waals surface area contributed by atoms with Crippen LogP contribution in [0.3, 0.4) is 0 Å². The number of benzene rings is 1. The molecular formula is C21H23N3O. The number of carbonyl (C=O) groups excluding carboxylic acids is 1. The minimum atomic E-state index is -0.0746. The van der Waals surface area contributed by atoms with Crippen molar-refractivity contribution in [3.05, 3.63) is 59.3 Å². The Bertz CT molecular complexity index is 830. The first-order valence-electron chi connectivity index (χ1n) is 8.94. The highest BCUT2D eigenvalue weighted by molar-refractivity contribution is 5.73. The average Bonchev–Trinajstić information content (AvgIpc) is 2.93. The Morgan fingerprint density at radius 2 is 2.08 bits per heavy atom. The van der Waals surface area contributed by atoms with E-state index in [9.17, 15) is 4.79 Å². The molecule has 2 aliphatic rings. The molecule has 1 heterocycles. The number of aromatic nitrogens is 2. The van der Waals surface area contributed by atoms with E-state index in [1.807, 2.05) is 10.7 Å². The smallest absolute Gasteiger partial charge is 0.156 e. The fourth-order valence-electron chi connectivity index (χ4n) is 3.62. The van der Waals surface area contributed by atoms with Crippen LogP contribution in [-0.2, 0) is 16.6 Å². The summed E-state index contributed by atoms with van der Waals surface area (Å²) in [5, 5.41) is 8.28. The second kappa shape index (κ2) is 6.36. The molecule has 25 heavy (non-hydrogen) atoms. The fourth-order valence-corrected chi connectivity index (χ4v) is 3.62. The van der Waals surface area contributed by atoms with E-state index in [-0.39, 0.29) is 5.41 Å². The summed E-state index contributed by atoms with van der Waals surface area (Å²) in [6, 6.07) is 11.1. The van der Waals surface area contributed by atoms with Gasteiger partial charge < -0.3 is 5.32 Å². The van der Waals surface area contributed by atoms with E-state index >= 15 is 0 Å². The molecule has 2 aliphatic carbocycles. The lowest BCUT2D eigenvalue weighted by molar-refractivity contribution is -0.104. The number of nitrogens with zero attached hydrogens (tertiary/aromatic N) is 2. The zero-order valence-corrected chi connectivity index (χ0v) is 14.5. The van der Waals surface area contributed by atoms with Crippen molar-refractivity contribution in [1.82, 2.24) is 9.78 Å². The maximum atomic E-state index is 10.8. The molecule has 4 heteroatoms. The van der Waals surface area contributed by atoms with Crippen molar-refractivity contribution in [1.29, 1.82) is 0 Å². The first kappa shape index (κ1) is 15.9. The van der Waals surface area contributed by atoms with E-state index in [0.717, 1.165) is 29.8 Å². The standard InChI is InChI=1S/C21H23N3O/c1-21(16-7-3-2-4-8-16)12-11-18-19(15-21)24(13-6-14-25)23-20(18)22-17-9-5-10-17/h2-4,6-8,11-14,17H,5,9-10,15H2,1H3,(H,22,23). The Kier molecular flexibility index (Phi) is 4.04. The Morgan fingerprint density at radius 1 is 1.28 bits per heavy atom. The normalized spacial score (nSPS) is 22.6. The zero-order chi connectivity index (χ0) is 17.3. The number of fused-ring (bicyclic) bond motifs is 1. The first-order chi connectivity index (χ1) is 12.2. The van der Waals surface area contributed by atoms with Gasteiger partial charge in [-0.1, -0.05) is 49.4 Å². The minimum Gasteiger partial charge on any atom is -0.365 e. The summed E-state index contributed by atoms with van der Waals surface area (Å²) < 4.78 is 1.86. The Labute approximate surface area is 148 Å². The Hall–Kier alpha value is -2.62. The molecule has 0 saturated heterocycles. The number of nitrogens with one attached hydrogen (secondary N) is 1. The highest BCUT2D eigenvalue weighted by atomic mass is 16.1. The van der Waals surface area contributed by atoms with Crippen LogP contribution in [0.5, 0.6) is 0 Å². The molecule has 1 atom stereocenters. The lowest BCUT2D eigenvalue weighted by Crippen LogP contribution is -2.28. The quantitative estimate of drug-likeness (QED) is 0.663. The van der Waals surface area contributed by atoms with Gasteiger partial charge >= 0.3 is 0 Å². The molecule has 4 nitrogen and oxygen atoms in total. The molecule has 0 amide bonds. The Balaban J connectivity index is 1.72. The maximum Gasteiger partial charge on any atom is 0.156 e. The van der Waals surface area contributed by atoms with Gasteiger partial charge in [-0.3, -0.25) is 4.79 Å². The van der Waals surface area contributed by atoms with Crippen LogP contribution in [0.2, 0.25) is 0 Å². The van der Waals surface area contributed by atoms with Crippen LogP contribution in [0, 0.1) is 0 Å². The molecule has 1 N–H and O–H groups in total. The van der Waals surface area contributed by atoms with Crippen LogP contribution in [-0.4, -0.2) is 22.1 Å². The number of hydrogen-bond donors (Lipinski definition) is 1. The highest BCUT2D eigenvalue weighted by Crippen LogP contribution is 2.39. The van der Waals surface area contributed by atoms with Crippen molar-refractivity contribution in [3.63, 3.8) is 0 Å². The fraction of sp³-hybridized carbons (Fsp3) is 0.333. The molecular weight excluding hydrogens is 310 g/mol. The lowest BCUT2D eigenvalue weighted by Gasteiger charge is -2.30. The van der Waals surface area contributed by atoms with Gasteiger partial charge in [-0.25, -0.2) is 4.68 Å². The van der Waals surface area contributed by atoms with Crippen molar-refractivity contribution < 1.29 is 4.79 Å². The van der Waals surface area contributed by atoms with E-state index in [2.05, 4.69) is 48.7 Å². The number of rotatable bonds is 5. The van der Waals surface area contributed by atoms with Gasteiger partial charge in [-0.15, -0.1) is 0 Å². The van der Waals surface area contributed by atoms with Gasteiger partial charge in [0.2, 0.25) is 0 Å². The number of allylic oxidation sites excluding steroid dienone is 2.